The molecule has 0 aromatic heterocycles. The van der Waals surface area contributed by atoms with Crippen molar-refractivity contribution in [3.8, 4) is 0 Å². The fourth-order valence-electron chi connectivity index (χ4n) is 3.48. The van der Waals surface area contributed by atoms with Crippen molar-refractivity contribution in [3.63, 3.8) is 0 Å². The van der Waals surface area contributed by atoms with Crippen LogP contribution in [0.25, 0.3) is 0 Å². The van der Waals surface area contributed by atoms with E-state index in [4.69, 9.17) is 0 Å². The third-order valence-corrected chi connectivity index (χ3v) is 4.82. The molecule has 1 aromatic carbocycles. The maximum absolute atomic E-state index is 13.5. The lowest BCUT2D eigenvalue weighted by molar-refractivity contribution is -0.138. The second-order valence-electron chi connectivity index (χ2n) is 7.14. The number of aliphatic hydroxyl groups is 1. The van der Waals surface area contributed by atoms with Gasteiger partial charge in [-0.2, -0.15) is 13.2 Å². The molecule has 2 aliphatic rings. The first-order chi connectivity index (χ1) is 11.9. The molecule has 1 fully saturated rings. The van der Waals surface area contributed by atoms with Gasteiger partial charge in [0.1, 0.15) is 6.10 Å². The highest BCUT2D eigenvalue weighted by molar-refractivity contribution is 5.99. The maximum Gasteiger partial charge on any atom is 0.416 e. The number of rotatable bonds is 3. The van der Waals surface area contributed by atoms with E-state index in [1.54, 1.807) is 13.8 Å². The number of nitrogens with zero attached hydrogens (tertiary/aromatic N) is 2. The molecule has 9 heteroatoms. The van der Waals surface area contributed by atoms with Gasteiger partial charge in [0.15, 0.2) is 0 Å². The second kappa shape index (κ2) is 6.16. The van der Waals surface area contributed by atoms with Gasteiger partial charge in [-0.3, -0.25) is 9.69 Å². The average Bonchev–Trinajstić information content (AvgIpc) is 2.94. The Balaban J connectivity index is 1.96. The summed E-state index contributed by atoms with van der Waals surface area (Å²) in [5.74, 6) is -3.79. The van der Waals surface area contributed by atoms with Crippen LogP contribution in [0.4, 0.5) is 22.0 Å². The van der Waals surface area contributed by atoms with Crippen molar-refractivity contribution in [2.24, 2.45) is 0 Å². The number of carbonyl (C=O) groups is 1. The molecular weight excluding hydrogens is 359 g/mol. The first-order valence-electron chi connectivity index (χ1n) is 8.22. The summed E-state index contributed by atoms with van der Waals surface area (Å²) in [7, 11) is 0. The summed E-state index contributed by atoms with van der Waals surface area (Å²) in [6, 6.07) is 2.00. The van der Waals surface area contributed by atoms with Gasteiger partial charge >= 0.3 is 6.18 Å². The summed E-state index contributed by atoms with van der Waals surface area (Å²) in [4.78, 5) is 15.0. The number of hydrogen-bond donors (Lipinski definition) is 1. The van der Waals surface area contributed by atoms with Gasteiger partial charge < -0.3 is 10.0 Å². The number of benzene rings is 1. The lowest BCUT2D eigenvalue weighted by Gasteiger charge is -2.20. The zero-order valence-electron chi connectivity index (χ0n) is 14.3. The maximum atomic E-state index is 13.5. The van der Waals surface area contributed by atoms with Crippen LogP contribution >= 0.6 is 0 Å². The van der Waals surface area contributed by atoms with E-state index in [2.05, 4.69) is 0 Å². The number of fused-ring (bicyclic) bond motifs is 1. The summed E-state index contributed by atoms with van der Waals surface area (Å²) in [5.41, 5.74) is -0.894. The van der Waals surface area contributed by atoms with Gasteiger partial charge in [-0.25, -0.2) is 8.78 Å². The Morgan fingerprint density at radius 2 is 1.96 bits per heavy atom. The van der Waals surface area contributed by atoms with Gasteiger partial charge in [-0.15, -0.1) is 0 Å². The fraction of sp³-hybridized carbons (Fsp3) is 0.588. The van der Waals surface area contributed by atoms with E-state index in [1.807, 2.05) is 0 Å². The largest absolute Gasteiger partial charge is 0.416 e. The minimum atomic E-state index is -4.65. The van der Waals surface area contributed by atoms with Gasteiger partial charge in [0.05, 0.1) is 12.1 Å². The predicted molar refractivity (Wildman–Crippen MR) is 82.7 cm³/mol. The Labute approximate surface area is 147 Å². The van der Waals surface area contributed by atoms with Crippen LogP contribution in [0.15, 0.2) is 12.1 Å². The molecule has 1 atom stereocenters. The number of hydrogen-bond acceptors (Lipinski definition) is 3. The standard InChI is InChI=1S/C17H19F5N2O2/c1-9(2)24-6-12-11(15(24)26)3-10(4-13(12)17(20,21)22)5-23-7-14(25)16(18,19)8-23/h3-4,9,14,25H,5-8H2,1-2H3. The highest BCUT2D eigenvalue weighted by atomic mass is 19.4. The molecule has 1 saturated heterocycles. The zero-order valence-corrected chi connectivity index (χ0v) is 14.3. The van der Waals surface area contributed by atoms with Gasteiger partial charge in [0, 0.05) is 31.2 Å². The van der Waals surface area contributed by atoms with Crippen LogP contribution in [0.2, 0.25) is 0 Å². The number of amides is 1. The van der Waals surface area contributed by atoms with E-state index >= 15 is 0 Å². The van der Waals surface area contributed by atoms with Gasteiger partial charge in [0.25, 0.3) is 11.8 Å². The van der Waals surface area contributed by atoms with Crippen LogP contribution in [0.5, 0.6) is 0 Å². The van der Waals surface area contributed by atoms with Gasteiger partial charge in [-0.05, 0) is 37.1 Å². The molecule has 1 amide bonds. The molecule has 1 aromatic rings. The van der Waals surface area contributed by atoms with Crippen LogP contribution in [0, 0.1) is 0 Å². The normalized spacial score (nSPS) is 23.2. The molecule has 0 radical (unpaired) electrons. The Bertz CT molecular complexity index is 733. The van der Waals surface area contributed by atoms with Crippen LogP contribution in [-0.4, -0.2) is 52.0 Å². The number of alkyl halides is 5. The summed E-state index contributed by atoms with van der Waals surface area (Å²) in [6.07, 6.45) is -6.50. The van der Waals surface area contributed by atoms with E-state index in [0.717, 1.165) is 6.07 Å². The first kappa shape index (κ1) is 19.0. The third-order valence-electron chi connectivity index (χ3n) is 4.82. The van der Waals surface area contributed by atoms with Crippen molar-refractivity contribution in [1.82, 2.24) is 9.80 Å². The molecule has 26 heavy (non-hydrogen) atoms. The predicted octanol–water partition coefficient (Wildman–Crippen LogP) is 2.88. The number of likely N-dealkylation sites (tertiary alicyclic amines) is 1. The Kier molecular flexibility index (Phi) is 4.51. The third kappa shape index (κ3) is 3.29. The molecule has 1 N–H and O–H groups in total. The number of halogens is 5. The monoisotopic (exact) mass is 378 g/mol. The molecule has 4 nitrogen and oxygen atoms in total. The van der Waals surface area contributed by atoms with Crippen LogP contribution in [0.1, 0.15) is 40.9 Å². The van der Waals surface area contributed by atoms with E-state index in [0.29, 0.717) is 0 Å². The lowest BCUT2D eigenvalue weighted by Crippen LogP contribution is -2.31. The van der Waals surface area contributed by atoms with Gasteiger partial charge in [0.2, 0.25) is 0 Å². The van der Waals surface area contributed by atoms with Crippen LogP contribution in [-0.2, 0) is 19.3 Å². The highest BCUT2D eigenvalue weighted by Crippen LogP contribution is 2.39. The number of β-amino-alcohol motifs (C(OH)–C–C–N with tert-alkyl or cyclic N) is 1. The Morgan fingerprint density at radius 1 is 1.31 bits per heavy atom. The minimum absolute atomic E-state index is 0.0324. The van der Waals surface area contributed by atoms with Crippen molar-refractivity contribution in [2.45, 2.75) is 51.2 Å². The molecule has 0 bridgehead atoms. The van der Waals surface area contributed by atoms with E-state index in [-0.39, 0.29) is 42.4 Å². The fourth-order valence-corrected chi connectivity index (χ4v) is 3.48. The quantitative estimate of drug-likeness (QED) is 0.823. The van der Waals surface area contributed by atoms with Crippen molar-refractivity contribution < 1.29 is 31.9 Å². The molecule has 0 saturated carbocycles. The highest BCUT2D eigenvalue weighted by Gasteiger charge is 2.47. The molecule has 0 aliphatic carbocycles. The molecule has 2 aliphatic heterocycles. The van der Waals surface area contributed by atoms with Crippen LogP contribution < -0.4 is 0 Å². The Hall–Kier alpha value is -1.74. The smallest absolute Gasteiger partial charge is 0.385 e. The lowest BCUT2D eigenvalue weighted by atomic mass is 9.98. The van der Waals surface area contributed by atoms with Crippen LogP contribution in [0.3, 0.4) is 0 Å². The molecule has 0 spiro atoms. The summed E-state index contributed by atoms with van der Waals surface area (Å²) < 4.78 is 67.3. The van der Waals surface area contributed by atoms with E-state index in [9.17, 15) is 31.9 Å². The molecular formula is C17H19F5N2O2. The van der Waals surface area contributed by atoms with Crippen molar-refractivity contribution in [3.05, 3.63) is 34.4 Å². The molecule has 2 heterocycles. The minimum Gasteiger partial charge on any atom is -0.385 e. The summed E-state index contributed by atoms with van der Waals surface area (Å²) in [6.45, 7) is 2.03. The Morgan fingerprint density at radius 3 is 2.46 bits per heavy atom. The van der Waals surface area contributed by atoms with Crippen molar-refractivity contribution in [2.75, 3.05) is 13.1 Å². The number of carbonyl (C=O) groups excluding carboxylic acids is 1. The number of aliphatic hydroxyl groups excluding tert-OH is 1. The van der Waals surface area contributed by atoms with Gasteiger partial charge in [-0.1, -0.05) is 0 Å². The SMILES string of the molecule is CC(C)N1Cc2c(cc(CN3CC(O)C(F)(F)C3)cc2C(F)(F)F)C1=O. The second-order valence-corrected chi connectivity index (χ2v) is 7.14. The van der Waals surface area contributed by atoms with E-state index < -0.39 is 36.2 Å². The first-order valence-corrected chi connectivity index (χ1v) is 8.22. The molecule has 1 unspecified atom stereocenters. The topological polar surface area (TPSA) is 43.8 Å². The summed E-state index contributed by atoms with van der Waals surface area (Å²) in [5, 5.41) is 9.35. The van der Waals surface area contributed by atoms with Crippen molar-refractivity contribution >= 4 is 5.91 Å². The average molecular weight is 378 g/mol. The summed E-state index contributed by atoms with van der Waals surface area (Å²) >= 11 is 0. The van der Waals surface area contributed by atoms with Crippen molar-refractivity contribution in [1.29, 1.82) is 0 Å². The molecule has 144 valence electrons. The molecule has 3 rings (SSSR count). The van der Waals surface area contributed by atoms with E-state index in [1.165, 1.54) is 15.9 Å². The zero-order chi connectivity index (χ0) is 19.4.